The Kier molecular flexibility index (Phi) is 5.66. The Morgan fingerprint density at radius 2 is 1.59 bits per heavy atom. The summed E-state index contributed by atoms with van der Waals surface area (Å²) in [6.07, 6.45) is 4.69. The number of nitrogens with one attached hydrogen (secondary N) is 1. The van der Waals surface area contributed by atoms with Crippen LogP contribution in [0.2, 0.25) is 0 Å². The van der Waals surface area contributed by atoms with E-state index in [1.807, 2.05) is 66.7 Å². The molecular weight excluding hydrogens is 398 g/mol. The van der Waals surface area contributed by atoms with Crippen LogP contribution in [0.25, 0.3) is 23.1 Å². The van der Waals surface area contributed by atoms with Crippen LogP contribution in [-0.2, 0) is 13.0 Å². The average molecular weight is 419 g/mol. The highest BCUT2D eigenvalue weighted by Crippen LogP contribution is 2.19. The predicted molar refractivity (Wildman–Crippen MR) is 125 cm³/mol. The summed E-state index contributed by atoms with van der Waals surface area (Å²) in [5.74, 6) is 1.48. The molecule has 156 valence electrons. The molecule has 0 bridgehead atoms. The molecule has 6 heteroatoms. The molecule has 0 aliphatic carbocycles. The summed E-state index contributed by atoms with van der Waals surface area (Å²) < 4.78 is 6.02. The summed E-state index contributed by atoms with van der Waals surface area (Å²) in [6, 6.07) is 28.4. The Morgan fingerprint density at radius 1 is 0.781 bits per heavy atom. The van der Waals surface area contributed by atoms with E-state index in [2.05, 4.69) is 55.9 Å². The minimum absolute atomic E-state index is 0.476. The number of H-pyrrole nitrogens is 1. The Balaban J connectivity index is 1.23. The molecule has 0 aliphatic rings. The average Bonchev–Trinajstić information content (AvgIpc) is 3.36. The Labute approximate surface area is 185 Å². The Hall–Kier alpha value is -4.32. The number of para-hydroxylation sites is 1. The van der Waals surface area contributed by atoms with Gasteiger partial charge in [-0.1, -0.05) is 72.0 Å². The van der Waals surface area contributed by atoms with Crippen LogP contribution in [0.5, 0.6) is 5.75 Å². The largest absolute Gasteiger partial charge is 0.489 e. The number of aromatic nitrogens is 5. The number of hydrogen-bond acceptors (Lipinski definition) is 5. The zero-order valence-corrected chi connectivity index (χ0v) is 17.3. The van der Waals surface area contributed by atoms with E-state index in [4.69, 9.17) is 4.74 Å². The molecule has 3 aromatic carbocycles. The van der Waals surface area contributed by atoms with Crippen molar-refractivity contribution in [3.8, 4) is 5.75 Å². The SMILES string of the molecule is C(=C\c1ccc2ccccc2n1)/c1ccc(OCc2ccccc2Cc2nn[nH]n2)cc1. The van der Waals surface area contributed by atoms with Gasteiger partial charge in [0.2, 0.25) is 0 Å². The summed E-state index contributed by atoms with van der Waals surface area (Å²) in [7, 11) is 0. The van der Waals surface area contributed by atoms with E-state index in [0.29, 0.717) is 18.9 Å². The Morgan fingerprint density at radius 3 is 2.44 bits per heavy atom. The molecule has 5 rings (SSSR count). The molecule has 1 N–H and O–H groups in total. The van der Waals surface area contributed by atoms with E-state index in [1.54, 1.807) is 0 Å². The maximum atomic E-state index is 6.02. The molecule has 0 radical (unpaired) electrons. The van der Waals surface area contributed by atoms with E-state index in [1.165, 1.54) is 0 Å². The predicted octanol–water partition coefficient (Wildman–Crippen LogP) is 5.09. The van der Waals surface area contributed by atoms with Gasteiger partial charge in [-0.3, -0.25) is 0 Å². The summed E-state index contributed by atoms with van der Waals surface area (Å²) in [4.78, 5) is 4.68. The number of tetrazole rings is 1. The monoisotopic (exact) mass is 419 g/mol. The molecule has 6 nitrogen and oxygen atoms in total. The van der Waals surface area contributed by atoms with Crippen LogP contribution in [0.15, 0.2) is 84.9 Å². The standard InChI is InChI=1S/C26H21N5O/c1-2-7-22(21(6-1)17-26-28-30-31-29-26)18-32-24-15-10-19(11-16-24)9-13-23-14-12-20-5-3-4-8-25(20)27-23/h1-16H,17-18H2,(H,28,29,30,31)/b13-9+. The third-order valence-electron chi connectivity index (χ3n) is 5.20. The number of fused-ring (bicyclic) bond motifs is 1. The van der Waals surface area contributed by atoms with Crippen LogP contribution in [0.4, 0.5) is 0 Å². The highest BCUT2D eigenvalue weighted by molar-refractivity contribution is 5.80. The summed E-state index contributed by atoms with van der Waals surface area (Å²) in [6.45, 7) is 0.476. The van der Waals surface area contributed by atoms with Gasteiger partial charge in [0.25, 0.3) is 0 Å². The van der Waals surface area contributed by atoms with Crippen molar-refractivity contribution in [2.75, 3.05) is 0 Å². The van der Waals surface area contributed by atoms with Gasteiger partial charge in [0.15, 0.2) is 5.82 Å². The van der Waals surface area contributed by atoms with Gasteiger partial charge in [-0.05, 0) is 47.0 Å². The third-order valence-corrected chi connectivity index (χ3v) is 5.20. The molecule has 2 aromatic heterocycles. The zero-order valence-electron chi connectivity index (χ0n) is 17.3. The number of pyridine rings is 1. The second-order valence-corrected chi connectivity index (χ2v) is 7.39. The molecule has 0 aliphatic heterocycles. The number of aromatic amines is 1. The molecule has 0 amide bonds. The van der Waals surface area contributed by atoms with Crippen molar-refractivity contribution in [1.82, 2.24) is 25.6 Å². The van der Waals surface area contributed by atoms with Crippen molar-refractivity contribution in [3.63, 3.8) is 0 Å². The van der Waals surface area contributed by atoms with Crippen LogP contribution < -0.4 is 4.74 Å². The van der Waals surface area contributed by atoms with Gasteiger partial charge >= 0.3 is 0 Å². The van der Waals surface area contributed by atoms with Gasteiger partial charge < -0.3 is 4.74 Å². The third kappa shape index (κ3) is 4.70. The van der Waals surface area contributed by atoms with Crippen molar-refractivity contribution in [1.29, 1.82) is 0 Å². The first kappa shape index (κ1) is 19.6. The second kappa shape index (κ2) is 9.22. The van der Waals surface area contributed by atoms with Gasteiger partial charge in [0.1, 0.15) is 12.4 Å². The molecule has 5 aromatic rings. The van der Waals surface area contributed by atoms with Crippen molar-refractivity contribution < 1.29 is 4.74 Å². The number of benzene rings is 3. The normalized spacial score (nSPS) is 11.2. The van der Waals surface area contributed by atoms with Crippen LogP contribution >= 0.6 is 0 Å². The smallest absolute Gasteiger partial charge is 0.178 e. The number of nitrogens with zero attached hydrogens (tertiary/aromatic N) is 4. The number of hydrogen-bond donors (Lipinski definition) is 1. The van der Waals surface area contributed by atoms with Crippen molar-refractivity contribution >= 4 is 23.1 Å². The van der Waals surface area contributed by atoms with Gasteiger partial charge in [0.05, 0.1) is 11.2 Å². The van der Waals surface area contributed by atoms with Crippen molar-refractivity contribution in [2.45, 2.75) is 13.0 Å². The second-order valence-electron chi connectivity index (χ2n) is 7.39. The van der Waals surface area contributed by atoms with E-state index in [9.17, 15) is 0 Å². The van der Waals surface area contributed by atoms with Crippen molar-refractivity contribution in [2.24, 2.45) is 0 Å². The fourth-order valence-corrected chi connectivity index (χ4v) is 3.49. The first-order valence-corrected chi connectivity index (χ1v) is 10.4. The van der Waals surface area contributed by atoms with Crippen LogP contribution in [0.3, 0.4) is 0 Å². The first-order valence-electron chi connectivity index (χ1n) is 10.4. The highest BCUT2D eigenvalue weighted by atomic mass is 16.5. The van der Waals surface area contributed by atoms with E-state index < -0.39 is 0 Å². The van der Waals surface area contributed by atoms with Crippen molar-refractivity contribution in [3.05, 3.63) is 113 Å². The Bertz CT molecular complexity index is 1340. The minimum Gasteiger partial charge on any atom is -0.489 e. The van der Waals surface area contributed by atoms with Gasteiger partial charge in [0, 0.05) is 11.8 Å². The maximum Gasteiger partial charge on any atom is 0.178 e. The fraction of sp³-hybridized carbons (Fsp3) is 0.0769. The van der Waals surface area contributed by atoms with E-state index in [-0.39, 0.29) is 0 Å². The molecule has 0 spiro atoms. The van der Waals surface area contributed by atoms with Crippen LogP contribution in [0, 0.1) is 0 Å². The lowest BCUT2D eigenvalue weighted by Crippen LogP contribution is -2.02. The molecule has 32 heavy (non-hydrogen) atoms. The van der Waals surface area contributed by atoms with E-state index >= 15 is 0 Å². The van der Waals surface area contributed by atoms with Gasteiger partial charge in [-0.2, -0.15) is 5.21 Å². The highest BCUT2D eigenvalue weighted by Gasteiger charge is 2.07. The zero-order chi connectivity index (χ0) is 21.6. The first-order chi connectivity index (χ1) is 15.8. The lowest BCUT2D eigenvalue weighted by atomic mass is 10.1. The summed E-state index contributed by atoms with van der Waals surface area (Å²) in [5.41, 5.74) is 5.24. The molecular formula is C26H21N5O. The topological polar surface area (TPSA) is 76.6 Å². The lowest BCUT2D eigenvalue weighted by molar-refractivity contribution is 0.305. The van der Waals surface area contributed by atoms with Gasteiger partial charge in [-0.15, -0.1) is 10.2 Å². The van der Waals surface area contributed by atoms with E-state index in [0.717, 1.165) is 39.0 Å². The summed E-state index contributed by atoms with van der Waals surface area (Å²) in [5, 5.41) is 15.3. The number of ether oxygens (including phenoxy) is 1. The maximum absolute atomic E-state index is 6.02. The molecule has 2 heterocycles. The number of rotatable bonds is 7. The fourth-order valence-electron chi connectivity index (χ4n) is 3.49. The minimum atomic E-state index is 0.476. The molecule has 0 unspecified atom stereocenters. The lowest BCUT2D eigenvalue weighted by Gasteiger charge is -2.10. The molecule has 0 saturated heterocycles. The summed E-state index contributed by atoms with van der Waals surface area (Å²) >= 11 is 0. The van der Waals surface area contributed by atoms with Crippen LogP contribution in [0.1, 0.15) is 28.2 Å². The van der Waals surface area contributed by atoms with Gasteiger partial charge in [-0.25, -0.2) is 4.98 Å². The molecule has 0 saturated carbocycles. The molecule has 0 fully saturated rings. The van der Waals surface area contributed by atoms with Crippen LogP contribution in [-0.4, -0.2) is 25.6 Å². The molecule has 0 atom stereocenters. The quantitative estimate of drug-likeness (QED) is 0.398.